The molecule has 0 aliphatic carbocycles. The number of likely N-dealkylation sites (tertiary alicyclic amines) is 1. The summed E-state index contributed by atoms with van der Waals surface area (Å²) in [5, 5.41) is 15.9. The molecule has 1 aliphatic rings. The highest BCUT2D eigenvalue weighted by Gasteiger charge is 2.28. The van der Waals surface area contributed by atoms with Crippen molar-refractivity contribution in [2.45, 2.75) is 25.4 Å². The minimum atomic E-state index is -0.394. The van der Waals surface area contributed by atoms with E-state index in [1.54, 1.807) is 12.3 Å². The van der Waals surface area contributed by atoms with Crippen molar-refractivity contribution in [3.8, 4) is 6.07 Å². The SMILES string of the molecule is N#C[C@@H]1CCCN1C(=O)CNC(=O)c1ccnc2cc(CNc3ccccc3)ccc12. The number of carbonyl (C=O) groups is 2. The molecule has 2 amide bonds. The van der Waals surface area contributed by atoms with E-state index >= 15 is 0 Å². The zero-order chi connectivity index (χ0) is 21.6. The molecule has 1 atom stereocenters. The molecule has 0 radical (unpaired) electrons. The number of hydrogen-bond acceptors (Lipinski definition) is 5. The molecule has 2 N–H and O–H groups in total. The highest BCUT2D eigenvalue weighted by atomic mass is 16.2. The number of nitrogens with one attached hydrogen (secondary N) is 2. The van der Waals surface area contributed by atoms with Gasteiger partial charge < -0.3 is 15.5 Å². The molecule has 0 spiro atoms. The van der Waals surface area contributed by atoms with Gasteiger partial charge in [0.2, 0.25) is 5.91 Å². The summed E-state index contributed by atoms with van der Waals surface area (Å²) in [7, 11) is 0. The van der Waals surface area contributed by atoms with E-state index in [9.17, 15) is 9.59 Å². The van der Waals surface area contributed by atoms with Gasteiger partial charge in [-0.25, -0.2) is 0 Å². The van der Waals surface area contributed by atoms with Crippen LogP contribution < -0.4 is 10.6 Å². The number of carbonyl (C=O) groups excluding carboxylic acids is 2. The van der Waals surface area contributed by atoms with E-state index in [-0.39, 0.29) is 18.4 Å². The van der Waals surface area contributed by atoms with Crippen LogP contribution in [0, 0.1) is 11.3 Å². The van der Waals surface area contributed by atoms with Crippen LogP contribution >= 0.6 is 0 Å². The lowest BCUT2D eigenvalue weighted by Crippen LogP contribution is -2.42. The summed E-state index contributed by atoms with van der Waals surface area (Å²) in [6.07, 6.45) is 3.10. The maximum Gasteiger partial charge on any atom is 0.252 e. The monoisotopic (exact) mass is 413 g/mol. The fourth-order valence-corrected chi connectivity index (χ4v) is 3.81. The Morgan fingerprint density at radius 3 is 2.81 bits per heavy atom. The van der Waals surface area contributed by atoms with Crippen LogP contribution in [0.2, 0.25) is 0 Å². The van der Waals surface area contributed by atoms with Crippen LogP contribution in [0.5, 0.6) is 0 Å². The molecule has 3 aromatic rings. The van der Waals surface area contributed by atoms with Crippen molar-refractivity contribution in [1.29, 1.82) is 5.26 Å². The first-order valence-electron chi connectivity index (χ1n) is 10.3. The maximum absolute atomic E-state index is 12.7. The second kappa shape index (κ2) is 9.26. The standard InChI is InChI=1S/C24H23N5O2/c25-14-19-7-4-12-29(19)23(30)16-28-24(31)21-10-11-26-22-13-17(8-9-20(21)22)15-27-18-5-2-1-3-6-18/h1-3,5-6,8-11,13,19,27H,4,7,12,15-16H2,(H,28,31)/t19-/m0/s1. The second-order valence-electron chi connectivity index (χ2n) is 7.49. The number of nitrogens with zero attached hydrogens (tertiary/aromatic N) is 3. The molecule has 1 fully saturated rings. The van der Waals surface area contributed by atoms with Gasteiger partial charge in [0, 0.05) is 30.4 Å². The smallest absolute Gasteiger partial charge is 0.252 e. The molecule has 4 rings (SSSR count). The normalized spacial score (nSPS) is 15.5. The maximum atomic E-state index is 12.7. The first kappa shape index (κ1) is 20.4. The summed E-state index contributed by atoms with van der Waals surface area (Å²) in [5.41, 5.74) is 3.27. The molecule has 31 heavy (non-hydrogen) atoms. The lowest BCUT2D eigenvalue weighted by molar-refractivity contribution is -0.130. The van der Waals surface area contributed by atoms with Crippen molar-refractivity contribution >= 4 is 28.4 Å². The van der Waals surface area contributed by atoms with Gasteiger partial charge >= 0.3 is 0 Å². The third-order valence-electron chi connectivity index (χ3n) is 5.44. The predicted octanol–water partition coefficient (Wildman–Crippen LogP) is 3.09. The number of aromatic nitrogens is 1. The molecule has 156 valence electrons. The zero-order valence-electron chi connectivity index (χ0n) is 17.0. The number of para-hydroxylation sites is 1. The van der Waals surface area contributed by atoms with E-state index in [0.29, 0.717) is 25.1 Å². The molecule has 2 heterocycles. The van der Waals surface area contributed by atoms with Crippen molar-refractivity contribution in [2.75, 3.05) is 18.4 Å². The average molecular weight is 413 g/mol. The number of pyridine rings is 1. The number of benzene rings is 2. The van der Waals surface area contributed by atoms with Gasteiger partial charge in [-0.1, -0.05) is 30.3 Å². The number of rotatable bonds is 6. The quantitative estimate of drug-likeness (QED) is 0.647. The van der Waals surface area contributed by atoms with Gasteiger partial charge in [0.05, 0.1) is 23.7 Å². The van der Waals surface area contributed by atoms with Crippen molar-refractivity contribution < 1.29 is 9.59 Å². The van der Waals surface area contributed by atoms with Gasteiger partial charge in [0.15, 0.2) is 0 Å². The van der Waals surface area contributed by atoms with Crippen molar-refractivity contribution in [3.63, 3.8) is 0 Å². The van der Waals surface area contributed by atoms with Crippen LogP contribution in [0.4, 0.5) is 5.69 Å². The minimum absolute atomic E-state index is 0.125. The number of nitriles is 1. The highest BCUT2D eigenvalue weighted by Crippen LogP contribution is 2.20. The Kier molecular flexibility index (Phi) is 6.08. The molecule has 1 aliphatic heterocycles. The molecular formula is C24H23N5O2. The summed E-state index contributed by atoms with van der Waals surface area (Å²) >= 11 is 0. The third kappa shape index (κ3) is 4.64. The second-order valence-corrected chi connectivity index (χ2v) is 7.49. The van der Waals surface area contributed by atoms with Crippen molar-refractivity contribution in [1.82, 2.24) is 15.2 Å². The van der Waals surface area contributed by atoms with Gasteiger partial charge in [-0.2, -0.15) is 5.26 Å². The molecule has 0 unspecified atom stereocenters. The Morgan fingerprint density at radius 1 is 1.16 bits per heavy atom. The van der Waals surface area contributed by atoms with E-state index in [1.807, 2.05) is 48.5 Å². The van der Waals surface area contributed by atoms with Crippen LogP contribution in [-0.2, 0) is 11.3 Å². The Bertz CT molecular complexity index is 1140. The Balaban J connectivity index is 1.43. The Hall–Kier alpha value is -3.92. The topological polar surface area (TPSA) is 98.1 Å². The van der Waals surface area contributed by atoms with Crippen LogP contribution in [-0.4, -0.2) is 40.8 Å². The van der Waals surface area contributed by atoms with E-state index in [4.69, 9.17) is 5.26 Å². The van der Waals surface area contributed by atoms with Crippen LogP contribution in [0.15, 0.2) is 60.8 Å². The first-order chi connectivity index (χ1) is 15.2. The number of fused-ring (bicyclic) bond motifs is 1. The van der Waals surface area contributed by atoms with Crippen molar-refractivity contribution in [3.05, 3.63) is 71.9 Å². The summed E-state index contributed by atoms with van der Waals surface area (Å²) in [6.45, 7) is 1.08. The lowest BCUT2D eigenvalue weighted by atomic mass is 10.1. The van der Waals surface area contributed by atoms with Gasteiger partial charge in [-0.3, -0.25) is 14.6 Å². The molecular weight excluding hydrogens is 390 g/mol. The van der Waals surface area contributed by atoms with Crippen LogP contribution in [0.3, 0.4) is 0 Å². The Labute approximate surface area is 180 Å². The highest BCUT2D eigenvalue weighted by molar-refractivity contribution is 6.07. The molecule has 0 bridgehead atoms. The number of amides is 2. The number of anilines is 1. The summed E-state index contributed by atoms with van der Waals surface area (Å²) in [6, 6.07) is 19.1. The molecule has 7 heteroatoms. The molecule has 1 aromatic heterocycles. The van der Waals surface area contributed by atoms with Gasteiger partial charge in [0.25, 0.3) is 5.91 Å². The average Bonchev–Trinajstić information content (AvgIpc) is 3.30. The van der Waals surface area contributed by atoms with E-state index < -0.39 is 6.04 Å². The molecule has 1 saturated heterocycles. The van der Waals surface area contributed by atoms with Gasteiger partial charge in [-0.15, -0.1) is 0 Å². The van der Waals surface area contributed by atoms with E-state index in [0.717, 1.165) is 28.6 Å². The van der Waals surface area contributed by atoms with Crippen LogP contribution in [0.1, 0.15) is 28.8 Å². The molecule has 7 nitrogen and oxygen atoms in total. The fraction of sp³-hybridized carbons (Fsp3) is 0.250. The van der Waals surface area contributed by atoms with Gasteiger partial charge in [0.1, 0.15) is 6.04 Å². The number of hydrogen-bond donors (Lipinski definition) is 2. The Morgan fingerprint density at radius 2 is 2.00 bits per heavy atom. The third-order valence-corrected chi connectivity index (χ3v) is 5.44. The lowest BCUT2D eigenvalue weighted by Gasteiger charge is -2.19. The molecule has 0 saturated carbocycles. The summed E-state index contributed by atoms with van der Waals surface area (Å²) < 4.78 is 0. The van der Waals surface area contributed by atoms with Crippen molar-refractivity contribution in [2.24, 2.45) is 0 Å². The fourth-order valence-electron chi connectivity index (χ4n) is 3.81. The largest absolute Gasteiger partial charge is 0.381 e. The first-order valence-corrected chi connectivity index (χ1v) is 10.3. The summed E-state index contributed by atoms with van der Waals surface area (Å²) in [5.74, 6) is -0.561. The zero-order valence-corrected chi connectivity index (χ0v) is 17.0. The predicted molar refractivity (Wildman–Crippen MR) is 118 cm³/mol. The summed E-state index contributed by atoms with van der Waals surface area (Å²) in [4.78, 5) is 31.1. The molecule has 2 aromatic carbocycles. The minimum Gasteiger partial charge on any atom is -0.381 e. The van der Waals surface area contributed by atoms with E-state index in [1.165, 1.54) is 4.90 Å². The van der Waals surface area contributed by atoms with E-state index in [2.05, 4.69) is 21.7 Å². The van der Waals surface area contributed by atoms with Gasteiger partial charge in [-0.05, 0) is 42.7 Å². The van der Waals surface area contributed by atoms with Crippen LogP contribution in [0.25, 0.3) is 10.9 Å².